The zero-order valence-electron chi connectivity index (χ0n) is 17.3. The number of hydrogen-bond donors (Lipinski definition) is 3. The molecule has 0 radical (unpaired) electrons. The van der Waals surface area contributed by atoms with Crippen LogP contribution in [0.1, 0.15) is 68.9 Å². The SMILES string of the molecule is CNCCCCC[C@@H]1Cc2cc(O)ccc2C2C1C1CC[C@H](O)C1(C)C[C@@H]2F. The van der Waals surface area contributed by atoms with Crippen molar-refractivity contribution in [2.75, 3.05) is 13.6 Å². The normalized spacial score (nSPS) is 39.3. The lowest BCUT2D eigenvalue weighted by atomic mass is 9.51. The molecule has 4 unspecified atom stereocenters. The molecule has 0 bridgehead atoms. The first-order chi connectivity index (χ1) is 13.5. The summed E-state index contributed by atoms with van der Waals surface area (Å²) in [4.78, 5) is 0. The van der Waals surface area contributed by atoms with E-state index in [1.54, 1.807) is 6.07 Å². The molecular weight excluding hydrogens is 353 g/mol. The lowest BCUT2D eigenvalue weighted by molar-refractivity contribution is -0.0722. The lowest BCUT2D eigenvalue weighted by Gasteiger charge is -2.54. The van der Waals surface area contributed by atoms with Gasteiger partial charge in [0.2, 0.25) is 0 Å². The number of alkyl halides is 1. The van der Waals surface area contributed by atoms with Crippen LogP contribution in [0.3, 0.4) is 0 Å². The molecule has 0 heterocycles. The van der Waals surface area contributed by atoms with Crippen LogP contribution in [0.5, 0.6) is 5.75 Å². The van der Waals surface area contributed by atoms with E-state index in [0.717, 1.165) is 43.4 Å². The minimum atomic E-state index is -0.908. The van der Waals surface area contributed by atoms with Crippen molar-refractivity contribution in [2.45, 2.75) is 76.5 Å². The van der Waals surface area contributed by atoms with Crippen molar-refractivity contribution < 1.29 is 14.6 Å². The smallest absolute Gasteiger partial charge is 0.115 e. The van der Waals surface area contributed by atoms with Gasteiger partial charge < -0.3 is 15.5 Å². The van der Waals surface area contributed by atoms with Crippen LogP contribution in [0.15, 0.2) is 18.2 Å². The zero-order valence-corrected chi connectivity index (χ0v) is 17.3. The number of phenols is 1. The number of phenolic OH excluding ortho intramolecular Hbond substituents is 1. The monoisotopic (exact) mass is 389 g/mol. The van der Waals surface area contributed by atoms with Gasteiger partial charge in [-0.15, -0.1) is 0 Å². The van der Waals surface area contributed by atoms with E-state index in [1.165, 1.54) is 19.3 Å². The molecule has 3 nitrogen and oxygen atoms in total. The molecule has 0 saturated heterocycles. The van der Waals surface area contributed by atoms with Gasteiger partial charge in [-0.1, -0.05) is 25.8 Å². The van der Waals surface area contributed by atoms with Crippen molar-refractivity contribution in [3.8, 4) is 5.75 Å². The minimum absolute atomic E-state index is 0.0740. The highest BCUT2D eigenvalue weighted by atomic mass is 19.1. The predicted octanol–water partition coefficient (Wildman–Crippen LogP) is 4.56. The molecule has 156 valence electrons. The Morgan fingerprint density at radius 2 is 2.04 bits per heavy atom. The van der Waals surface area contributed by atoms with Crippen molar-refractivity contribution in [3.05, 3.63) is 29.3 Å². The second-order valence-electron chi connectivity index (χ2n) is 9.83. The van der Waals surface area contributed by atoms with E-state index < -0.39 is 6.17 Å². The number of aliphatic hydroxyl groups excluding tert-OH is 1. The average Bonchev–Trinajstić information content (AvgIpc) is 2.95. The maximum Gasteiger partial charge on any atom is 0.115 e. The molecule has 0 aliphatic heterocycles. The lowest BCUT2D eigenvalue weighted by Crippen LogP contribution is -2.51. The van der Waals surface area contributed by atoms with E-state index in [0.29, 0.717) is 24.2 Å². The van der Waals surface area contributed by atoms with E-state index in [2.05, 4.69) is 12.2 Å². The van der Waals surface area contributed by atoms with Gasteiger partial charge in [0, 0.05) is 5.92 Å². The Hall–Kier alpha value is -1.13. The van der Waals surface area contributed by atoms with Crippen LogP contribution in [0.4, 0.5) is 4.39 Å². The van der Waals surface area contributed by atoms with Gasteiger partial charge in [0.05, 0.1) is 6.10 Å². The van der Waals surface area contributed by atoms with Gasteiger partial charge in [0.1, 0.15) is 11.9 Å². The van der Waals surface area contributed by atoms with Crippen molar-refractivity contribution in [1.82, 2.24) is 5.32 Å². The third-order valence-electron chi connectivity index (χ3n) is 8.28. The van der Waals surface area contributed by atoms with Crippen molar-refractivity contribution in [1.29, 1.82) is 0 Å². The molecule has 3 aliphatic carbocycles. The van der Waals surface area contributed by atoms with Gasteiger partial charge >= 0.3 is 0 Å². The summed E-state index contributed by atoms with van der Waals surface area (Å²) in [6, 6.07) is 5.55. The summed E-state index contributed by atoms with van der Waals surface area (Å²) in [5.41, 5.74) is 1.98. The molecule has 7 atom stereocenters. The summed E-state index contributed by atoms with van der Waals surface area (Å²) in [6.45, 7) is 3.18. The fraction of sp³-hybridized carbons (Fsp3) is 0.750. The Balaban J connectivity index is 1.64. The Bertz CT molecular complexity index is 695. The number of nitrogens with one attached hydrogen (secondary N) is 1. The first-order valence-corrected chi connectivity index (χ1v) is 11.2. The van der Waals surface area contributed by atoms with Gasteiger partial charge in [0.25, 0.3) is 0 Å². The van der Waals surface area contributed by atoms with Crippen LogP contribution in [0.25, 0.3) is 0 Å². The van der Waals surface area contributed by atoms with Crippen LogP contribution in [0.2, 0.25) is 0 Å². The fourth-order valence-corrected chi connectivity index (χ4v) is 6.92. The molecule has 2 saturated carbocycles. The number of fused-ring (bicyclic) bond motifs is 5. The highest BCUT2D eigenvalue weighted by Gasteiger charge is 2.59. The molecule has 2 fully saturated rings. The molecule has 4 heteroatoms. The molecule has 3 aliphatic rings. The first kappa shape index (κ1) is 20.2. The van der Waals surface area contributed by atoms with Crippen LogP contribution >= 0.6 is 0 Å². The Labute approximate surface area is 168 Å². The van der Waals surface area contributed by atoms with Crippen molar-refractivity contribution in [2.24, 2.45) is 23.2 Å². The topological polar surface area (TPSA) is 52.5 Å². The summed E-state index contributed by atoms with van der Waals surface area (Å²) in [7, 11) is 1.99. The number of hydrogen-bond acceptors (Lipinski definition) is 3. The standard InChI is InChI=1S/C24H36FNO2/c1-24-14-20(25)23-18-8-7-17(27)13-16(18)12-15(6-4-3-5-11-26-2)22(23)19(24)9-10-21(24)28/h7-8,13,15,19-23,26-28H,3-6,9-12,14H2,1-2H3/t15-,19?,20+,21+,22?,23?,24?/m1/s1. The van der Waals surface area contributed by atoms with Gasteiger partial charge in [-0.3, -0.25) is 0 Å². The van der Waals surface area contributed by atoms with Crippen molar-refractivity contribution in [3.63, 3.8) is 0 Å². The number of rotatable bonds is 6. The number of aliphatic hydroxyl groups is 1. The van der Waals surface area contributed by atoms with Gasteiger partial charge in [-0.25, -0.2) is 4.39 Å². The number of benzene rings is 1. The Morgan fingerprint density at radius 1 is 1.21 bits per heavy atom. The summed E-state index contributed by atoms with van der Waals surface area (Å²) < 4.78 is 15.6. The van der Waals surface area contributed by atoms with Gasteiger partial charge in [0.15, 0.2) is 0 Å². The van der Waals surface area contributed by atoms with Crippen LogP contribution in [-0.2, 0) is 6.42 Å². The molecule has 0 spiro atoms. The van der Waals surface area contributed by atoms with Gasteiger partial charge in [-0.05, 0) is 98.5 Å². The van der Waals surface area contributed by atoms with Crippen LogP contribution < -0.4 is 5.32 Å². The van der Waals surface area contributed by atoms with E-state index in [9.17, 15) is 10.2 Å². The second-order valence-corrected chi connectivity index (χ2v) is 9.83. The summed E-state index contributed by atoms with van der Waals surface area (Å²) in [5, 5.41) is 23.9. The summed E-state index contributed by atoms with van der Waals surface area (Å²) in [5.74, 6) is 1.38. The summed E-state index contributed by atoms with van der Waals surface area (Å²) in [6.07, 6.45) is 6.64. The highest BCUT2D eigenvalue weighted by molar-refractivity contribution is 5.41. The molecular formula is C24H36FNO2. The second kappa shape index (κ2) is 7.95. The van der Waals surface area contributed by atoms with Crippen LogP contribution in [0, 0.1) is 23.2 Å². The molecule has 28 heavy (non-hydrogen) atoms. The molecule has 3 N–H and O–H groups in total. The first-order valence-electron chi connectivity index (χ1n) is 11.2. The zero-order chi connectivity index (χ0) is 19.9. The molecule has 1 aromatic rings. The molecule has 1 aromatic carbocycles. The predicted molar refractivity (Wildman–Crippen MR) is 110 cm³/mol. The minimum Gasteiger partial charge on any atom is -0.508 e. The maximum absolute atomic E-state index is 15.6. The Morgan fingerprint density at radius 3 is 2.82 bits per heavy atom. The molecule has 4 rings (SSSR count). The third kappa shape index (κ3) is 3.37. The van der Waals surface area contributed by atoms with E-state index in [1.807, 2.05) is 19.2 Å². The molecule has 0 amide bonds. The third-order valence-corrected chi connectivity index (χ3v) is 8.28. The van der Waals surface area contributed by atoms with E-state index in [4.69, 9.17) is 0 Å². The van der Waals surface area contributed by atoms with Crippen molar-refractivity contribution >= 4 is 0 Å². The highest BCUT2D eigenvalue weighted by Crippen LogP contribution is 2.63. The average molecular weight is 390 g/mol. The maximum atomic E-state index is 15.6. The number of aromatic hydroxyl groups is 1. The van der Waals surface area contributed by atoms with Gasteiger partial charge in [-0.2, -0.15) is 0 Å². The van der Waals surface area contributed by atoms with E-state index in [-0.39, 0.29) is 23.2 Å². The van der Waals surface area contributed by atoms with E-state index >= 15 is 4.39 Å². The van der Waals surface area contributed by atoms with Crippen LogP contribution in [-0.4, -0.2) is 36.1 Å². The Kier molecular flexibility index (Phi) is 5.72. The summed E-state index contributed by atoms with van der Waals surface area (Å²) >= 11 is 0. The number of halogens is 1. The molecule has 0 aromatic heterocycles. The quantitative estimate of drug-likeness (QED) is 0.625. The fourth-order valence-electron chi connectivity index (χ4n) is 6.92. The largest absolute Gasteiger partial charge is 0.508 e. The number of unbranched alkanes of at least 4 members (excludes halogenated alkanes) is 2.